The van der Waals surface area contributed by atoms with Crippen LogP contribution in [0.3, 0.4) is 0 Å². The monoisotopic (exact) mass is 419 g/mol. The summed E-state index contributed by atoms with van der Waals surface area (Å²) < 4.78 is 11.6. The molecule has 0 spiro atoms. The van der Waals surface area contributed by atoms with Gasteiger partial charge in [0.1, 0.15) is 29.3 Å². The van der Waals surface area contributed by atoms with Crippen LogP contribution >= 0.6 is 12.2 Å². The first kappa shape index (κ1) is 19.8. The van der Waals surface area contributed by atoms with Gasteiger partial charge in [-0.25, -0.2) is 0 Å². The van der Waals surface area contributed by atoms with Crippen molar-refractivity contribution in [2.45, 2.75) is 13.5 Å². The van der Waals surface area contributed by atoms with Crippen molar-refractivity contribution in [3.05, 3.63) is 71.6 Å². The van der Waals surface area contributed by atoms with E-state index in [-0.39, 0.29) is 5.91 Å². The highest BCUT2D eigenvalue weighted by atomic mass is 32.1. The van der Waals surface area contributed by atoms with Gasteiger partial charge in [0.05, 0.1) is 7.11 Å². The first-order valence-corrected chi connectivity index (χ1v) is 9.99. The van der Waals surface area contributed by atoms with E-state index in [4.69, 9.17) is 21.7 Å². The second-order valence-electron chi connectivity index (χ2n) is 6.73. The van der Waals surface area contributed by atoms with E-state index < -0.39 is 0 Å². The molecule has 0 atom stereocenters. The van der Waals surface area contributed by atoms with Crippen molar-refractivity contribution in [3.63, 3.8) is 0 Å². The second kappa shape index (κ2) is 8.51. The van der Waals surface area contributed by atoms with E-state index in [0.717, 1.165) is 22.0 Å². The lowest BCUT2D eigenvalue weighted by molar-refractivity contribution is -0.122. The van der Waals surface area contributed by atoms with Crippen LogP contribution in [0, 0.1) is 0 Å². The van der Waals surface area contributed by atoms with Gasteiger partial charge in [-0.15, -0.1) is 0 Å². The minimum atomic E-state index is -0.127. The zero-order valence-corrected chi connectivity index (χ0v) is 17.5. The molecule has 0 unspecified atom stereocenters. The smallest absolute Gasteiger partial charge is 0.276 e. The van der Waals surface area contributed by atoms with E-state index >= 15 is 0 Å². The molecular weight excluding hydrogens is 398 g/mol. The SMILES string of the molecule is CCN1C(=O)/C(=C\c2ccc(OC)c(COc3cccc4cccnc34)c2)NC1=S. The molecule has 7 heteroatoms. The third-order valence-electron chi connectivity index (χ3n) is 4.87. The first-order chi connectivity index (χ1) is 14.6. The number of hydrogen-bond donors (Lipinski definition) is 1. The van der Waals surface area contributed by atoms with Crippen LogP contribution in [0.4, 0.5) is 0 Å². The summed E-state index contributed by atoms with van der Waals surface area (Å²) in [7, 11) is 1.62. The third kappa shape index (κ3) is 3.84. The zero-order valence-electron chi connectivity index (χ0n) is 16.7. The van der Waals surface area contributed by atoms with E-state index in [2.05, 4.69) is 10.3 Å². The number of aromatic nitrogens is 1. The normalized spacial score (nSPS) is 15.0. The van der Waals surface area contributed by atoms with Gasteiger partial charge in [0.25, 0.3) is 5.91 Å². The molecular formula is C23H21N3O3S. The molecule has 1 saturated heterocycles. The van der Waals surface area contributed by atoms with Crippen LogP contribution in [0.2, 0.25) is 0 Å². The number of thiocarbonyl (C=S) groups is 1. The first-order valence-electron chi connectivity index (χ1n) is 9.58. The summed E-state index contributed by atoms with van der Waals surface area (Å²) in [5.41, 5.74) is 2.98. The number of methoxy groups -OCH3 is 1. The van der Waals surface area contributed by atoms with Crippen LogP contribution in [0.1, 0.15) is 18.1 Å². The molecule has 1 amide bonds. The molecule has 2 aromatic carbocycles. The molecule has 4 rings (SSSR count). The summed E-state index contributed by atoms with van der Waals surface area (Å²) in [5.74, 6) is 1.29. The number of nitrogens with one attached hydrogen (secondary N) is 1. The van der Waals surface area contributed by atoms with Gasteiger partial charge < -0.3 is 14.8 Å². The third-order valence-corrected chi connectivity index (χ3v) is 5.20. The van der Waals surface area contributed by atoms with E-state index in [1.165, 1.54) is 4.90 Å². The van der Waals surface area contributed by atoms with Crippen LogP contribution in [0.25, 0.3) is 17.0 Å². The number of likely N-dealkylation sites (N-methyl/N-ethyl adjacent to an activating group) is 1. The lowest BCUT2D eigenvalue weighted by atomic mass is 10.1. The van der Waals surface area contributed by atoms with Crippen molar-refractivity contribution >= 4 is 40.2 Å². The van der Waals surface area contributed by atoms with Crippen molar-refractivity contribution in [2.75, 3.05) is 13.7 Å². The van der Waals surface area contributed by atoms with Gasteiger partial charge in [-0.3, -0.25) is 14.7 Å². The topological polar surface area (TPSA) is 63.7 Å². The van der Waals surface area contributed by atoms with Gasteiger partial charge in [-0.05, 0) is 55.0 Å². The lowest BCUT2D eigenvalue weighted by Gasteiger charge is -2.12. The Morgan fingerprint density at radius 3 is 2.77 bits per heavy atom. The largest absolute Gasteiger partial charge is 0.496 e. The number of carbonyl (C=O) groups excluding carboxylic acids is 1. The van der Waals surface area contributed by atoms with Gasteiger partial charge in [0, 0.05) is 23.7 Å². The van der Waals surface area contributed by atoms with Crippen LogP contribution in [-0.4, -0.2) is 34.6 Å². The maximum atomic E-state index is 12.4. The Bertz CT molecular complexity index is 1150. The minimum Gasteiger partial charge on any atom is -0.496 e. The number of rotatable bonds is 6. The van der Waals surface area contributed by atoms with Crippen LogP contribution in [-0.2, 0) is 11.4 Å². The summed E-state index contributed by atoms with van der Waals surface area (Å²) in [6.45, 7) is 2.72. The summed E-state index contributed by atoms with van der Waals surface area (Å²) >= 11 is 5.22. The van der Waals surface area contributed by atoms with Crippen LogP contribution in [0.15, 0.2) is 60.4 Å². The van der Waals surface area contributed by atoms with E-state index in [1.807, 2.05) is 55.5 Å². The number of para-hydroxylation sites is 1. The number of benzene rings is 2. The van der Waals surface area contributed by atoms with E-state index in [0.29, 0.717) is 35.5 Å². The summed E-state index contributed by atoms with van der Waals surface area (Å²) in [6.07, 6.45) is 3.53. The fourth-order valence-electron chi connectivity index (χ4n) is 3.37. The van der Waals surface area contributed by atoms with Crippen molar-refractivity contribution in [3.8, 4) is 11.5 Å². The Balaban J connectivity index is 1.60. The predicted octanol–water partition coefficient (Wildman–Crippen LogP) is 3.90. The second-order valence-corrected chi connectivity index (χ2v) is 7.12. The Labute approximate surface area is 180 Å². The molecule has 152 valence electrons. The average molecular weight is 420 g/mol. The van der Waals surface area contributed by atoms with E-state index in [1.54, 1.807) is 19.4 Å². The number of ether oxygens (including phenoxy) is 2. The molecule has 2 heterocycles. The molecule has 6 nitrogen and oxygen atoms in total. The highest BCUT2D eigenvalue weighted by molar-refractivity contribution is 7.80. The van der Waals surface area contributed by atoms with Gasteiger partial charge in [-0.2, -0.15) is 0 Å². The molecule has 1 aliphatic rings. The number of pyridine rings is 1. The Morgan fingerprint density at radius 2 is 2.00 bits per heavy atom. The zero-order chi connectivity index (χ0) is 21.1. The van der Waals surface area contributed by atoms with Crippen molar-refractivity contribution in [1.82, 2.24) is 15.2 Å². The molecule has 0 radical (unpaired) electrons. The standard InChI is InChI=1S/C23H21N3O3S/c1-3-26-22(27)18(25-23(26)30)13-15-9-10-19(28-2)17(12-15)14-29-20-8-4-6-16-7-5-11-24-21(16)20/h4-13H,3,14H2,1-2H3,(H,25,30)/b18-13+. The highest BCUT2D eigenvalue weighted by Crippen LogP contribution is 2.27. The quantitative estimate of drug-likeness (QED) is 0.483. The molecule has 30 heavy (non-hydrogen) atoms. The summed E-state index contributed by atoms with van der Waals surface area (Å²) in [5, 5.41) is 4.42. The molecule has 0 aliphatic carbocycles. The maximum absolute atomic E-state index is 12.4. The van der Waals surface area contributed by atoms with Gasteiger partial charge in [0.2, 0.25) is 0 Å². The molecule has 3 aromatic rings. The molecule has 1 fully saturated rings. The lowest BCUT2D eigenvalue weighted by Crippen LogP contribution is -2.30. The van der Waals surface area contributed by atoms with Crippen molar-refractivity contribution < 1.29 is 14.3 Å². The van der Waals surface area contributed by atoms with E-state index in [9.17, 15) is 4.79 Å². The number of carbonyl (C=O) groups is 1. The fraction of sp³-hybridized carbons (Fsp3) is 0.174. The van der Waals surface area contributed by atoms with Crippen LogP contribution in [0.5, 0.6) is 11.5 Å². The Hall–Kier alpha value is -3.45. The summed E-state index contributed by atoms with van der Waals surface area (Å²) in [4.78, 5) is 18.4. The summed E-state index contributed by atoms with van der Waals surface area (Å²) in [6, 6.07) is 15.4. The number of fused-ring (bicyclic) bond motifs is 1. The molecule has 1 N–H and O–H groups in total. The van der Waals surface area contributed by atoms with Gasteiger partial charge in [-0.1, -0.05) is 24.3 Å². The average Bonchev–Trinajstić information content (AvgIpc) is 3.04. The highest BCUT2D eigenvalue weighted by Gasteiger charge is 2.29. The fourth-order valence-corrected chi connectivity index (χ4v) is 3.70. The molecule has 0 saturated carbocycles. The number of nitrogens with zero attached hydrogens (tertiary/aromatic N) is 2. The Morgan fingerprint density at radius 1 is 1.17 bits per heavy atom. The van der Waals surface area contributed by atoms with Gasteiger partial charge in [0.15, 0.2) is 5.11 Å². The molecule has 1 aromatic heterocycles. The number of hydrogen-bond acceptors (Lipinski definition) is 5. The minimum absolute atomic E-state index is 0.127. The maximum Gasteiger partial charge on any atom is 0.276 e. The predicted molar refractivity (Wildman–Crippen MR) is 120 cm³/mol. The number of amides is 1. The Kier molecular flexibility index (Phi) is 5.63. The van der Waals surface area contributed by atoms with Crippen LogP contribution < -0.4 is 14.8 Å². The van der Waals surface area contributed by atoms with Crippen molar-refractivity contribution in [2.24, 2.45) is 0 Å². The van der Waals surface area contributed by atoms with Crippen molar-refractivity contribution in [1.29, 1.82) is 0 Å². The molecule has 0 bridgehead atoms. The molecule has 1 aliphatic heterocycles. The van der Waals surface area contributed by atoms with Gasteiger partial charge >= 0.3 is 0 Å².